The van der Waals surface area contributed by atoms with Gasteiger partial charge in [0.25, 0.3) is 12.0 Å². The summed E-state index contributed by atoms with van der Waals surface area (Å²) in [5, 5.41) is 0. The van der Waals surface area contributed by atoms with Gasteiger partial charge in [0, 0.05) is 7.05 Å². The van der Waals surface area contributed by atoms with Crippen molar-refractivity contribution >= 4 is 5.91 Å². The normalized spacial score (nSPS) is 14.2. The smallest absolute Gasteiger partial charge is 0.294 e. The zero-order chi connectivity index (χ0) is 12.0. The molecule has 86 valence electrons. The molecule has 0 saturated carbocycles. The number of benzene rings is 1. The summed E-state index contributed by atoms with van der Waals surface area (Å²) < 4.78 is 15.1. The molecule has 0 radical (unpaired) electrons. The lowest BCUT2D eigenvalue weighted by atomic mass is 10.1. The first-order chi connectivity index (χ1) is 8.18. The first-order valence-corrected chi connectivity index (χ1v) is 5.25. The minimum atomic E-state index is -0.587. The van der Waals surface area contributed by atoms with Crippen molar-refractivity contribution in [2.75, 3.05) is 7.05 Å². The summed E-state index contributed by atoms with van der Waals surface area (Å²) in [6, 6.07) is 6.97. The molecule has 1 aromatic heterocycles. The van der Waals surface area contributed by atoms with E-state index in [1.807, 2.05) is 0 Å². The van der Waals surface area contributed by atoms with Gasteiger partial charge in [0.2, 0.25) is 0 Å². The maximum Gasteiger partial charge on any atom is 0.294 e. The lowest BCUT2D eigenvalue weighted by molar-refractivity contribution is 0.0788. The van der Waals surface area contributed by atoms with Gasteiger partial charge in [0.05, 0.1) is 29.7 Å². The minimum absolute atomic E-state index is 0.108. The molecule has 0 spiro atoms. The molecule has 0 unspecified atom stereocenters. The molecule has 1 amide bonds. The fourth-order valence-corrected chi connectivity index (χ4v) is 2.10. The van der Waals surface area contributed by atoms with Crippen LogP contribution in [0.1, 0.15) is 16.1 Å². The fraction of sp³-hybridized carbons (Fsp3) is 0.167. The van der Waals surface area contributed by atoms with Gasteiger partial charge in [-0.1, -0.05) is 12.1 Å². The molecule has 2 aromatic rings. The first kappa shape index (κ1) is 10.0. The molecule has 0 atom stereocenters. The monoisotopic (exact) mass is 231 g/mol. The summed E-state index contributed by atoms with van der Waals surface area (Å²) >= 11 is 0. The molecule has 2 heterocycles. The number of para-hydroxylation sites is 1. The van der Waals surface area contributed by atoms with Crippen molar-refractivity contribution in [2.45, 2.75) is 6.54 Å². The van der Waals surface area contributed by atoms with Gasteiger partial charge < -0.3 is 4.90 Å². The lowest BCUT2D eigenvalue weighted by Gasteiger charge is -2.13. The number of aromatic nitrogens is 2. The van der Waals surface area contributed by atoms with E-state index < -0.39 is 6.08 Å². The van der Waals surface area contributed by atoms with E-state index in [2.05, 4.69) is 4.98 Å². The lowest BCUT2D eigenvalue weighted by Crippen LogP contribution is -2.24. The Morgan fingerprint density at radius 3 is 2.94 bits per heavy atom. The van der Waals surface area contributed by atoms with Crippen molar-refractivity contribution in [3.05, 3.63) is 47.8 Å². The van der Waals surface area contributed by atoms with Crippen LogP contribution in [0.25, 0.3) is 5.69 Å². The Morgan fingerprint density at radius 2 is 2.12 bits per heavy atom. The third kappa shape index (κ3) is 1.35. The van der Waals surface area contributed by atoms with Crippen LogP contribution in [0.15, 0.2) is 30.5 Å². The Hall–Kier alpha value is -2.17. The molecule has 0 fully saturated rings. The number of nitrogens with zero attached hydrogens (tertiary/aromatic N) is 3. The molecule has 0 aliphatic carbocycles. The molecule has 1 aromatic carbocycles. The van der Waals surface area contributed by atoms with Crippen LogP contribution < -0.4 is 0 Å². The summed E-state index contributed by atoms with van der Waals surface area (Å²) in [5.74, 6) is -0.108. The number of fused-ring (bicyclic) bond motifs is 3. The third-order valence-electron chi connectivity index (χ3n) is 2.91. The quantitative estimate of drug-likeness (QED) is 0.690. The molecule has 0 bridgehead atoms. The summed E-state index contributed by atoms with van der Waals surface area (Å²) in [7, 11) is 1.69. The molecular weight excluding hydrogens is 221 g/mol. The van der Waals surface area contributed by atoms with E-state index >= 15 is 0 Å². The molecular formula is C12H10FN3O. The second kappa shape index (κ2) is 3.41. The van der Waals surface area contributed by atoms with Gasteiger partial charge in [0.1, 0.15) is 0 Å². The molecule has 0 N–H and O–H groups in total. The number of halogens is 1. The topological polar surface area (TPSA) is 38.1 Å². The number of hydrogen-bond acceptors (Lipinski definition) is 2. The molecule has 17 heavy (non-hydrogen) atoms. The molecule has 0 saturated heterocycles. The van der Waals surface area contributed by atoms with Gasteiger partial charge in [-0.25, -0.2) is 4.98 Å². The average Bonchev–Trinajstić information content (AvgIpc) is 2.64. The van der Waals surface area contributed by atoms with E-state index in [9.17, 15) is 9.18 Å². The van der Waals surface area contributed by atoms with Crippen molar-refractivity contribution in [3.63, 3.8) is 0 Å². The van der Waals surface area contributed by atoms with Crippen molar-refractivity contribution in [1.82, 2.24) is 14.5 Å². The van der Waals surface area contributed by atoms with Crippen LogP contribution in [0.4, 0.5) is 4.39 Å². The summed E-state index contributed by atoms with van der Waals surface area (Å²) in [5.41, 5.74) is 1.71. The number of carbonyl (C=O) groups excluding carboxylic acids is 1. The predicted octanol–water partition coefficient (Wildman–Crippen LogP) is 1.60. The maximum absolute atomic E-state index is 13.7. The highest BCUT2D eigenvalue weighted by Gasteiger charge is 2.25. The van der Waals surface area contributed by atoms with Crippen molar-refractivity contribution < 1.29 is 9.18 Å². The Morgan fingerprint density at radius 1 is 1.35 bits per heavy atom. The molecule has 5 heteroatoms. The van der Waals surface area contributed by atoms with Crippen molar-refractivity contribution in [1.29, 1.82) is 0 Å². The van der Waals surface area contributed by atoms with E-state index in [-0.39, 0.29) is 5.91 Å². The van der Waals surface area contributed by atoms with Gasteiger partial charge in [-0.05, 0) is 12.1 Å². The summed E-state index contributed by atoms with van der Waals surface area (Å²) in [6.07, 6.45) is 0.872. The summed E-state index contributed by atoms with van der Waals surface area (Å²) in [4.78, 5) is 17.3. The van der Waals surface area contributed by atoms with Crippen LogP contribution >= 0.6 is 0 Å². The molecule has 1 aliphatic heterocycles. The maximum atomic E-state index is 13.7. The van der Waals surface area contributed by atoms with E-state index in [4.69, 9.17) is 0 Å². The fourth-order valence-electron chi connectivity index (χ4n) is 2.10. The van der Waals surface area contributed by atoms with Gasteiger partial charge in [0.15, 0.2) is 0 Å². The van der Waals surface area contributed by atoms with E-state index in [1.54, 1.807) is 36.2 Å². The number of imidazole rings is 1. The van der Waals surface area contributed by atoms with E-state index in [0.717, 1.165) is 0 Å². The van der Waals surface area contributed by atoms with Crippen LogP contribution in [0.5, 0.6) is 0 Å². The Labute approximate surface area is 97.3 Å². The van der Waals surface area contributed by atoms with Crippen LogP contribution in [0.2, 0.25) is 0 Å². The largest absolute Gasteiger partial charge is 0.336 e. The second-order valence-corrected chi connectivity index (χ2v) is 4.03. The van der Waals surface area contributed by atoms with E-state index in [0.29, 0.717) is 23.5 Å². The Balaban J connectivity index is 2.35. The van der Waals surface area contributed by atoms with Gasteiger partial charge in [-0.15, -0.1) is 0 Å². The zero-order valence-electron chi connectivity index (χ0n) is 9.22. The average molecular weight is 231 g/mol. The molecule has 1 aliphatic rings. The third-order valence-corrected chi connectivity index (χ3v) is 2.91. The Bertz CT molecular complexity index is 606. The Kier molecular flexibility index (Phi) is 2.01. The van der Waals surface area contributed by atoms with Crippen LogP contribution in [0, 0.1) is 6.08 Å². The van der Waals surface area contributed by atoms with Gasteiger partial charge >= 0.3 is 0 Å². The zero-order valence-corrected chi connectivity index (χ0v) is 9.22. The number of hydrogen-bond donors (Lipinski definition) is 0. The SMILES string of the molecule is CN1Cc2cnc(F)n2-c2ccccc2C1=O. The van der Waals surface area contributed by atoms with E-state index in [1.165, 1.54) is 10.8 Å². The van der Waals surface area contributed by atoms with Crippen LogP contribution in [-0.2, 0) is 6.54 Å². The molecule has 3 rings (SSSR count). The highest BCUT2D eigenvalue weighted by Crippen LogP contribution is 2.24. The number of amides is 1. The minimum Gasteiger partial charge on any atom is -0.336 e. The highest BCUT2D eigenvalue weighted by molar-refractivity contribution is 5.98. The van der Waals surface area contributed by atoms with Gasteiger partial charge in [-0.3, -0.25) is 9.36 Å². The first-order valence-electron chi connectivity index (χ1n) is 5.25. The predicted molar refractivity (Wildman–Crippen MR) is 59.3 cm³/mol. The molecule has 4 nitrogen and oxygen atoms in total. The standard InChI is InChI=1S/C12H10FN3O/c1-15-7-8-6-14-12(13)16(8)10-5-3-2-4-9(10)11(15)17/h2-6H,7H2,1H3. The highest BCUT2D eigenvalue weighted by atomic mass is 19.1. The van der Waals surface area contributed by atoms with Crippen molar-refractivity contribution in [2.24, 2.45) is 0 Å². The second-order valence-electron chi connectivity index (χ2n) is 4.03. The van der Waals surface area contributed by atoms with Crippen molar-refractivity contribution in [3.8, 4) is 5.69 Å². The van der Waals surface area contributed by atoms with Crippen LogP contribution in [-0.4, -0.2) is 27.4 Å². The van der Waals surface area contributed by atoms with Gasteiger partial charge in [-0.2, -0.15) is 4.39 Å². The number of carbonyl (C=O) groups is 1. The summed E-state index contributed by atoms with van der Waals surface area (Å²) in [6.45, 7) is 0.352. The van der Waals surface area contributed by atoms with Crippen LogP contribution in [0.3, 0.4) is 0 Å². The number of rotatable bonds is 0.